The molecule has 0 aliphatic rings. The maximum atomic E-state index is 5.48. The zero-order valence-electron chi connectivity index (χ0n) is 8.36. The van der Waals surface area contributed by atoms with E-state index in [4.69, 9.17) is 35.4 Å². The third-order valence-electron chi connectivity index (χ3n) is 1.39. The molecule has 0 rings (SSSR count). The SMILES string of the molecule is CSCSC(=S)N(CC=CCl)CC=CCl. The van der Waals surface area contributed by atoms with Crippen LogP contribution in [-0.2, 0) is 0 Å². The van der Waals surface area contributed by atoms with E-state index >= 15 is 0 Å². The Balaban J connectivity index is 4.13. The van der Waals surface area contributed by atoms with Gasteiger partial charge in [0.2, 0.25) is 0 Å². The molecular formula is C9H13Cl2NS3. The molecule has 0 heterocycles. The first-order valence-corrected chi connectivity index (χ1v) is 7.83. The summed E-state index contributed by atoms with van der Waals surface area (Å²) < 4.78 is 0.869. The molecule has 0 bridgehead atoms. The minimum absolute atomic E-state index is 0.713. The molecule has 0 fully saturated rings. The van der Waals surface area contributed by atoms with Crippen molar-refractivity contribution < 1.29 is 0 Å². The van der Waals surface area contributed by atoms with E-state index in [1.54, 1.807) is 23.5 Å². The average Bonchev–Trinajstić information content (AvgIpc) is 2.26. The highest BCUT2D eigenvalue weighted by molar-refractivity contribution is 8.29. The zero-order valence-corrected chi connectivity index (χ0v) is 12.3. The van der Waals surface area contributed by atoms with Gasteiger partial charge >= 0.3 is 0 Å². The standard InChI is InChI=1S/C9H13Cl2NS3/c1-14-8-15-9(13)12(6-2-4-10)7-3-5-11/h2-5H,6-8H2,1H3. The van der Waals surface area contributed by atoms with E-state index in [2.05, 4.69) is 6.26 Å². The molecule has 0 saturated carbocycles. The Kier molecular flexibility index (Phi) is 11.6. The molecule has 0 N–H and O–H groups in total. The van der Waals surface area contributed by atoms with Gasteiger partial charge in [-0.3, -0.25) is 0 Å². The summed E-state index contributed by atoms with van der Waals surface area (Å²) in [6.45, 7) is 1.43. The topological polar surface area (TPSA) is 3.24 Å². The van der Waals surface area contributed by atoms with Crippen molar-refractivity contribution in [3.63, 3.8) is 0 Å². The molecule has 0 aliphatic heterocycles. The molecule has 0 aromatic rings. The van der Waals surface area contributed by atoms with E-state index in [0.29, 0.717) is 13.1 Å². The normalized spacial score (nSPS) is 11.4. The van der Waals surface area contributed by atoms with Crippen LogP contribution in [0.2, 0.25) is 0 Å². The number of hydrogen-bond donors (Lipinski definition) is 0. The van der Waals surface area contributed by atoms with Gasteiger partial charge in [-0.1, -0.05) is 59.3 Å². The van der Waals surface area contributed by atoms with Crippen LogP contribution in [0.3, 0.4) is 0 Å². The van der Waals surface area contributed by atoms with Crippen LogP contribution in [0.4, 0.5) is 0 Å². The summed E-state index contributed by atoms with van der Waals surface area (Å²) >= 11 is 19.7. The van der Waals surface area contributed by atoms with Gasteiger partial charge < -0.3 is 4.90 Å². The fraction of sp³-hybridized carbons (Fsp3) is 0.444. The molecule has 1 nitrogen and oxygen atoms in total. The maximum absolute atomic E-state index is 5.48. The smallest absolute Gasteiger partial charge is 0.137 e. The van der Waals surface area contributed by atoms with Crippen LogP contribution in [0, 0.1) is 0 Å². The van der Waals surface area contributed by atoms with E-state index in [0.717, 1.165) is 9.41 Å². The maximum Gasteiger partial charge on any atom is 0.137 e. The summed E-state index contributed by atoms with van der Waals surface area (Å²) in [5, 5.41) is 0.963. The summed E-state index contributed by atoms with van der Waals surface area (Å²) in [5.74, 6) is 0. The van der Waals surface area contributed by atoms with Crippen molar-refractivity contribution in [1.29, 1.82) is 0 Å². The van der Waals surface area contributed by atoms with Crippen molar-refractivity contribution in [2.24, 2.45) is 0 Å². The van der Waals surface area contributed by atoms with E-state index in [-0.39, 0.29) is 0 Å². The minimum atomic E-state index is 0.713. The second-order valence-electron chi connectivity index (χ2n) is 2.45. The van der Waals surface area contributed by atoms with Gasteiger partial charge in [0.05, 0.1) is 0 Å². The summed E-state index contributed by atoms with van der Waals surface area (Å²) in [5.41, 5.74) is 3.00. The van der Waals surface area contributed by atoms with Crippen LogP contribution in [0.5, 0.6) is 0 Å². The van der Waals surface area contributed by atoms with Gasteiger partial charge in [0.15, 0.2) is 0 Å². The van der Waals surface area contributed by atoms with Crippen molar-refractivity contribution in [2.75, 3.05) is 24.4 Å². The van der Waals surface area contributed by atoms with Crippen LogP contribution in [-0.4, -0.2) is 33.7 Å². The summed E-state index contributed by atoms with van der Waals surface area (Å²) in [6.07, 6.45) is 5.77. The Morgan fingerprint density at radius 2 is 1.80 bits per heavy atom. The van der Waals surface area contributed by atoms with Gasteiger partial charge in [-0.2, -0.15) is 11.8 Å². The lowest BCUT2D eigenvalue weighted by Gasteiger charge is -2.21. The minimum Gasteiger partial charge on any atom is -0.350 e. The molecule has 0 unspecified atom stereocenters. The Morgan fingerprint density at radius 3 is 2.20 bits per heavy atom. The Bertz CT molecular complexity index is 217. The first-order chi connectivity index (χ1) is 7.26. The number of rotatable bonds is 6. The lowest BCUT2D eigenvalue weighted by molar-refractivity contribution is 0.532. The van der Waals surface area contributed by atoms with Gasteiger partial charge in [0, 0.05) is 29.2 Å². The lowest BCUT2D eigenvalue weighted by atomic mass is 10.5. The van der Waals surface area contributed by atoms with E-state index < -0.39 is 0 Å². The van der Waals surface area contributed by atoms with Crippen LogP contribution in [0.25, 0.3) is 0 Å². The highest BCUT2D eigenvalue weighted by Crippen LogP contribution is 2.14. The summed E-state index contributed by atoms with van der Waals surface area (Å²) in [7, 11) is 0. The van der Waals surface area contributed by atoms with Gasteiger partial charge in [0.25, 0.3) is 0 Å². The molecule has 0 amide bonds. The third-order valence-corrected chi connectivity index (χ3v) is 4.28. The first kappa shape index (κ1) is 15.7. The number of halogens is 2. The Morgan fingerprint density at radius 1 is 1.27 bits per heavy atom. The third kappa shape index (κ3) is 8.46. The fourth-order valence-corrected chi connectivity index (χ4v) is 2.71. The van der Waals surface area contributed by atoms with Gasteiger partial charge in [-0.25, -0.2) is 0 Å². The van der Waals surface area contributed by atoms with Crippen molar-refractivity contribution >= 4 is 63.3 Å². The Hall–Kier alpha value is 0.650. The molecule has 6 heteroatoms. The Labute approximate surface area is 115 Å². The number of thiocarbonyl (C=S) groups is 1. The van der Waals surface area contributed by atoms with Gasteiger partial charge in [0.1, 0.15) is 4.32 Å². The fourth-order valence-electron chi connectivity index (χ4n) is 0.758. The molecule has 0 aromatic heterocycles. The number of hydrogen-bond acceptors (Lipinski definition) is 3. The zero-order chi connectivity index (χ0) is 11.5. The van der Waals surface area contributed by atoms with Crippen molar-refractivity contribution in [3.05, 3.63) is 23.2 Å². The van der Waals surface area contributed by atoms with Crippen LogP contribution in [0.15, 0.2) is 23.2 Å². The molecule has 0 spiro atoms. The summed E-state index contributed by atoms with van der Waals surface area (Å²) in [6, 6.07) is 0. The van der Waals surface area contributed by atoms with Crippen molar-refractivity contribution in [3.8, 4) is 0 Å². The molecule has 86 valence electrons. The van der Waals surface area contributed by atoms with Gasteiger partial charge in [-0.15, -0.1) is 0 Å². The van der Waals surface area contributed by atoms with Crippen molar-refractivity contribution in [1.82, 2.24) is 4.90 Å². The number of nitrogens with zero attached hydrogens (tertiary/aromatic N) is 1. The van der Waals surface area contributed by atoms with Crippen LogP contribution < -0.4 is 0 Å². The highest BCUT2D eigenvalue weighted by Gasteiger charge is 2.06. The van der Waals surface area contributed by atoms with Crippen molar-refractivity contribution in [2.45, 2.75) is 0 Å². The molecule has 0 aromatic carbocycles. The molecule has 15 heavy (non-hydrogen) atoms. The second kappa shape index (κ2) is 11.1. The molecule has 0 aliphatic carbocycles. The quantitative estimate of drug-likeness (QED) is 0.536. The monoisotopic (exact) mass is 301 g/mol. The van der Waals surface area contributed by atoms with E-state index in [9.17, 15) is 0 Å². The van der Waals surface area contributed by atoms with Crippen LogP contribution in [0.1, 0.15) is 0 Å². The van der Waals surface area contributed by atoms with Gasteiger partial charge in [-0.05, 0) is 6.26 Å². The summed E-state index contributed by atoms with van der Waals surface area (Å²) in [4.78, 5) is 2.04. The first-order valence-electron chi connectivity index (χ1n) is 4.17. The molecule has 0 atom stereocenters. The highest BCUT2D eigenvalue weighted by atomic mass is 35.5. The lowest BCUT2D eigenvalue weighted by Crippen LogP contribution is -2.27. The van der Waals surface area contributed by atoms with E-state index in [1.807, 2.05) is 17.1 Å². The predicted octanol–water partition coefficient (Wildman–Crippen LogP) is 4.13. The average molecular weight is 302 g/mol. The number of thioether (sulfide) groups is 2. The van der Waals surface area contributed by atoms with E-state index in [1.165, 1.54) is 11.1 Å². The second-order valence-corrected chi connectivity index (χ2v) is 5.79. The molecular weight excluding hydrogens is 289 g/mol. The molecule has 0 radical (unpaired) electrons. The molecule has 0 saturated heterocycles. The largest absolute Gasteiger partial charge is 0.350 e. The van der Waals surface area contributed by atoms with Crippen LogP contribution >= 0.6 is 58.9 Å². The predicted molar refractivity (Wildman–Crippen MR) is 80.1 cm³/mol.